The van der Waals surface area contributed by atoms with Crippen molar-refractivity contribution >= 4 is 17.3 Å². The minimum absolute atomic E-state index is 0.519. The fraction of sp³-hybridized carbons (Fsp3) is 0.500. The van der Waals surface area contributed by atoms with E-state index in [0.717, 1.165) is 17.8 Å². The van der Waals surface area contributed by atoms with Gasteiger partial charge in [-0.3, -0.25) is 9.69 Å². The lowest BCUT2D eigenvalue weighted by Gasteiger charge is -2.36. The molecule has 0 bridgehead atoms. The lowest BCUT2D eigenvalue weighted by molar-refractivity contribution is -0.151. The van der Waals surface area contributed by atoms with Gasteiger partial charge in [-0.15, -0.1) is 11.3 Å². The zero-order valence-corrected chi connectivity index (χ0v) is 12.6. The van der Waals surface area contributed by atoms with Gasteiger partial charge in [-0.2, -0.15) is 4.98 Å². The van der Waals surface area contributed by atoms with Crippen LogP contribution in [0.3, 0.4) is 0 Å². The molecule has 1 N–H and O–H groups in total. The van der Waals surface area contributed by atoms with Crippen molar-refractivity contribution in [3.63, 3.8) is 0 Å². The zero-order valence-electron chi connectivity index (χ0n) is 11.8. The molecule has 2 aromatic rings. The van der Waals surface area contributed by atoms with Gasteiger partial charge in [-0.1, -0.05) is 11.2 Å². The number of nitrogens with zero attached hydrogens (tertiary/aromatic N) is 3. The molecule has 1 atom stereocenters. The second kappa shape index (κ2) is 5.57. The van der Waals surface area contributed by atoms with E-state index in [2.05, 4.69) is 15.0 Å². The molecule has 1 fully saturated rings. The Hall–Kier alpha value is -1.73. The summed E-state index contributed by atoms with van der Waals surface area (Å²) in [4.78, 5) is 18.8. The normalized spacial score (nSPS) is 23.3. The fourth-order valence-electron chi connectivity index (χ4n) is 2.67. The summed E-state index contributed by atoms with van der Waals surface area (Å²) in [6.07, 6.45) is 1.59. The highest BCUT2D eigenvalue weighted by molar-refractivity contribution is 7.13. The van der Waals surface area contributed by atoms with Crippen LogP contribution < -0.4 is 0 Å². The average Bonchev–Trinajstić information content (AvgIpc) is 3.08. The largest absolute Gasteiger partial charge is 0.481 e. The van der Waals surface area contributed by atoms with Gasteiger partial charge in [0.25, 0.3) is 5.89 Å². The van der Waals surface area contributed by atoms with Crippen molar-refractivity contribution in [3.05, 3.63) is 23.3 Å². The van der Waals surface area contributed by atoms with Crippen molar-refractivity contribution in [2.75, 3.05) is 13.1 Å². The van der Waals surface area contributed by atoms with Crippen molar-refractivity contribution < 1.29 is 14.4 Å². The van der Waals surface area contributed by atoms with Crippen LogP contribution in [0.5, 0.6) is 0 Å². The van der Waals surface area contributed by atoms with Gasteiger partial charge in [0.15, 0.2) is 5.82 Å². The Morgan fingerprint density at radius 2 is 2.48 bits per heavy atom. The lowest BCUT2D eigenvalue weighted by atomic mass is 9.82. The first-order valence-corrected chi connectivity index (χ1v) is 7.77. The standard InChI is InChI=1S/C14H17N3O3S/c1-14(13(18)19)5-3-6-17(9-14)8-11-15-12(20-16-11)10-4-2-7-21-10/h2,4,7H,3,5-6,8-9H2,1H3,(H,18,19). The number of likely N-dealkylation sites (tertiary alicyclic amines) is 1. The molecule has 0 spiro atoms. The predicted octanol–water partition coefficient (Wildman–Crippen LogP) is 2.48. The van der Waals surface area contributed by atoms with Gasteiger partial charge in [0.1, 0.15) is 0 Å². The highest BCUT2D eigenvalue weighted by Gasteiger charge is 2.38. The first-order chi connectivity index (χ1) is 10.1. The van der Waals surface area contributed by atoms with E-state index in [1.165, 1.54) is 0 Å². The van der Waals surface area contributed by atoms with Crippen LogP contribution in [-0.4, -0.2) is 39.2 Å². The summed E-state index contributed by atoms with van der Waals surface area (Å²) in [7, 11) is 0. The maximum atomic E-state index is 11.4. The fourth-order valence-corrected chi connectivity index (χ4v) is 3.32. The quantitative estimate of drug-likeness (QED) is 0.935. The molecular weight excluding hydrogens is 290 g/mol. The number of aliphatic carboxylic acids is 1. The van der Waals surface area contributed by atoms with E-state index in [1.807, 2.05) is 17.5 Å². The number of hydrogen-bond acceptors (Lipinski definition) is 6. The number of carboxylic acids is 1. The SMILES string of the molecule is CC1(C(=O)O)CCCN(Cc2noc(-c3cccs3)n2)C1. The van der Waals surface area contributed by atoms with Crippen LogP contribution >= 0.6 is 11.3 Å². The van der Waals surface area contributed by atoms with Crippen LogP contribution in [0.2, 0.25) is 0 Å². The van der Waals surface area contributed by atoms with Gasteiger partial charge in [-0.05, 0) is 37.8 Å². The molecule has 0 aliphatic carbocycles. The molecule has 1 unspecified atom stereocenters. The molecule has 0 aromatic carbocycles. The first kappa shape index (κ1) is 14.2. The summed E-state index contributed by atoms with van der Waals surface area (Å²) >= 11 is 1.55. The summed E-state index contributed by atoms with van der Waals surface area (Å²) in [5, 5.41) is 15.3. The second-order valence-electron chi connectivity index (χ2n) is 5.67. The monoisotopic (exact) mass is 307 g/mol. The molecule has 3 heterocycles. The van der Waals surface area contributed by atoms with Crippen LogP contribution in [-0.2, 0) is 11.3 Å². The van der Waals surface area contributed by atoms with E-state index >= 15 is 0 Å². The van der Waals surface area contributed by atoms with Gasteiger partial charge < -0.3 is 9.63 Å². The highest BCUT2D eigenvalue weighted by Crippen LogP contribution is 2.30. The third-order valence-electron chi connectivity index (χ3n) is 3.86. The Morgan fingerprint density at radius 3 is 3.19 bits per heavy atom. The predicted molar refractivity (Wildman–Crippen MR) is 77.9 cm³/mol. The molecule has 0 amide bonds. The number of piperidine rings is 1. The van der Waals surface area contributed by atoms with Crippen molar-refractivity contribution in [1.82, 2.24) is 15.0 Å². The molecule has 1 aliphatic rings. The van der Waals surface area contributed by atoms with Crippen molar-refractivity contribution in [2.24, 2.45) is 5.41 Å². The molecule has 2 aromatic heterocycles. The average molecular weight is 307 g/mol. The summed E-state index contributed by atoms with van der Waals surface area (Å²) < 4.78 is 5.26. The summed E-state index contributed by atoms with van der Waals surface area (Å²) in [5.41, 5.74) is -0.682. The number of thiophene rings is 1. The van der Waals surface area contributed by atoms with E-state index < -0.39 is 11.4 Å². The van der Waals surface area contributed by atoms with Crippen molar-refractivity contribution in [2.45, 2.75) is 26.3 Å². The van der Waals surface area contributed by atoms with E-state index in [4.69, 9.17) is 4.52 Å². The number of carboxylic acid groups (broad SMARTS) is 1. The van der Waals surface area contributed by atoms with Gasteiger partial charge >= 0.3 is 5.97 Å². The Balaban J connectivity index is 1.68. The number of hydrogen-bond donors (Lipinski definition) is 1. The summed E-state index contributed by atoms with van der Waals surface area (Å²) in [6, 6.07) is 3.87. The summed E-state index contributed by atoms with van der Waals surface area (Å²) in [6.45, 7) is 3.71. The second-order valence-corrected chi connectivity index (χ2v) is 6.62. The van der Waals surface area contributed by atoms with E-state index in [0.29, 0.717) is 31.2 Å². The van der Waals surface area contributed by atoms with Crippen molar-refractivity contribution in [1.29, 1.82) is 0 Å². The zero-order chi connectivity index (χ0) is 14.9. The molecule has 0 radical (unpaired) electrons. The van der Waals surface area contributed by atoms with Crippen molar-refractivity contribution in [3.8, 4) is 10.8 Å². The first-order valence-electron chi connectivity index (χ1n) is 6.89. The third kappa shape index (κ3) is 2.98. The van der Waals surface area contributed by atoms with Crippen LogP contribution in [0.25, 0.3) is 10.8 Å². The number of aromatic nitrogens is 2. The van der Waals surface area contributed by atoms with Crippen LogP contribution in [0.4, 0.5) is 0 Å². The smallest absolute Gasteiger partial charge is 0.310 e. The molecular formula is C14H17N3O3S. The maximum absolute atomic E-state index is 11.4. The van der Waals surface area contributed by atoms with E-state index in [-0.39, 0.29) is 0 Å². The Kier molecular flexibility index (Phi) is 3.77. The molecule has 0 saturated carbocycles. The molecule has 1 aliphatic heterocycles. The van der Waals surface area contributed by atoms with Gasteiger partial charge in [0, 0.05) is 6.54 Å². The number of carbonyl (C=O) groups is 1. The molecule has 7 heteroatoms. The molecule has 112 valence electrons. The Morgan fingerprint density at radius 1 is 1.62 bits per heavy atom. The maximum Gasteiger partial charge on any atom is 0.310 e. The topological polar surface area (TPSA) is 79.5 Å². The van der Waals surface area contributed by atoms with E-state index in [9.17, 15) is 9.90 Å². The van der Waals surface area contributed by atoms with Crippen LogP contribution in [0.15, 0.2) is 22.0 Å². The molecule has 6 nitrogen and oxygen atoms in total. The van der Waals surface area contributed by atoms with Gasteiger partial charge in [0.05, 0.1) is 16.8 Å². The highest BCUT2D eigenvalue weighted by atomic mass is 32.1. The lowest BCUT2D eigenvalue weighted by Crippen LogP contribution is -2.45. The third-order valence-corrected chi connectivity index (χ3v) is 4.71. The Bertz CT molecular complexity index is 625. The van der Waals surface area contributed by atoms with Crippen LogP contribution in [0, 0.1) is 5.41 Å². The Labute approximate surface area is 126 Å². The van der Waals surface area contributed by atoms with Crippen LogP contribution in [0.1, 0.15) is 25.6 Å². The molecule has 1 saturated heterocycles. The van der Waals surface area contributed by atoms with Gasteiger partial charge in [-0.25, -0.2) is 0 Å². The van der Waals surface area contributed by atoms with E-state index in [1.54, 1.807) is 18.3 Å². The minimum atomic E-state index is -0.736. The molecule has 3 rings (SSSR count). The summed E-state index contributed by atoms with van der Waals surface area (Å²) in [5.74, 6) is 0.394. The molecule has 21 heavy (non-hydrogen) atoms. The minimum Gasteiger partial charge on any atom is -0.481 e. The van der Waals surface area contributed by atoms with Gasteiger partial charge in [0.2, 0.25) is 0 Å². The number of rotatable bonds is 4.